The molecule has 0 aromatic heterocycles. The van der Waals surface area contributed by atoms with Crippen molar-refractivity contribution in [3.63, 3.8) is 0 Å². The van der Waals surface area contributed by atoms with Gasteiger partial charge in [-0.3, -0.25) is 4.79 Å². The summed E-state index contributed by atoms with van der Waals surface area (Å²) in [4.78, 5) is 13.1. The zero-order valence-corrected chi connectivity index (χ0v) is 16.3. The average molecular weight is 411 g/mol. The zero-order valence-electron chi connectivity index (χ0n) is 14.8. The predicted molar refractivity (Wildman–Crippen MR) is 108 cm³/mol. The lowest BCUT2D eigenvalue weighted by Crippen LogP contribution is -2.29. The lowest BCUT2D eigenvalue weighted by Gasteiger charge is -2.34. The smallest absolute Gasteiger partial charge is 0.205 e. The van der Waals surface area contributed by atoms with Crippen LogP contribution in [0.1, 0.15) is 35.8 Å². The maximum Gasteiger partial charge on any atom is 0.205 e. The largest absolute Gasteiger partial charge is 0.444 e. The number of ether oxygens (including phenoxy) is 1. The first-order valence-electron chi connectivity index (χ1n) is 8.83. The van der Waals surface area contributed by atoms with Gasteiger partial charge >= 0.3 is 0 Å². The van der Waals surface area contributed by atoms with Crippen LogP contribution >= 0.6 is 23.2 Å². The quantitative estimate of drug-likeness (QED) is 0.737. The van der Waals surface area contributed by atoms with Crippen LogP contribution in [0.2, 0.25) is 10.0 Å². The van der Waals surface area contributed by atoms with Crippen LogP contribution < -0.4 is 5.73 Å². The number of benzene rings is 2. The maximum absolute atomic E-state index is 13.1. The Balaban J connectivity index is 1.81. The van der Waals surface area contributed by atoms with E-state index in [4.69, 9.17) is 33.7 Å². The Kier molecular flexibility index (Phi) is 4.89. The first kappa shape index (κ1) is 18.6. The summed E-state index contributed by atoms with van der Waals surface area (Å²) in [7, 11) is 0. The molecule has 0 saturated carbocycles. The molecule has 4 nitrogen and oxygen atoms in total. The molecule has 2 aliphatic rings. The molecule has 0 spiro atoms. The molecule has 2 atom stereocenters. The van der Waals surface area contributed by atoms with Gasteiger partial charge in [0, 0.05) is 18.4 Å². The van der Waals surface area contributed by atoms with Gasteiger partial charge in [-0.05, 0) is 29.2 Å². The average Bonchev–Trinajstić information content (AvgIpc) is 2.69. The molecule has 2 aromatic rings. The van der Waals surface area contributed by atoms with Crippen molar-refractivity contribution in [2.75, 3.05) is 0 Å². The molecular weight excluding hydrogens is 395 g/mol. The number of hydrogen-bond donors (Lipinski definition) is 1. The molecule has 2 N–H and O–H groups in total. The molecule has 6 heteroatoms. The molecule has 140 valence electrons. The summed E-state index contributed by atoms with van der Waals surface area (Å²) < 4.78 is 5.76. The number of hydrogen-bond acceptors (Lipinski definition) is 4. The monoisotopic (exact) mass is 410 g/mol. The number of Topliss-reactive ketones (excluding diaryl/α,β-unsaturated/α-hetero) is 1. The van der Waals surface area contributed by atoms with E-state index in [0.717, 1.165) is 5.56 Å². The number of nitrogens with two attached hydrogens (primary N) is 1. The van der Waals surface area contributed by atoms with Crippen molar-refractivity contribution in [3.05, 3.63) is 92.5 Å². The molecule has 0 fully saturated rings. The number of allylic oxidation sites excluding steroid dienone is 3. The van der Waals surface area contributed by atoms with E-state index in [0.29, 0.717) is 39.8 Å². The lowest BCUT2D eigenvalue weighted by molar-refractivity contribution is -0.117. The topological polar surface area (TPSA) is 76.1 Å². The molecule has 0 radical (unpaired) electrons. The Labute approximate surface area is 172 Å². The van der Waals surface area contributed by atoms with E-state index in [1.807, 2.05) is 30.3 Å². The van der Waals surface area contributed by atoms with Gasteiger partial charge < -0.3 is 10.5 Å². The Morgan fingerprint density at radius 1 is 1.04 bits per heavy atom. The Morgan fingerprint density at radius 2 is 1.79 bits per heavy atom. The number of halogens is 2. The van der Waals surface area contributed by atoms with E-state index in [2.05, 4.69) is 6.07 Å². The molecule has 4 rings (SSSR count). The minimum absolute atomic E-state index is 0.0124. The van der Waals surface area contributed by atoms with Gasteiger partial charge in [-0.2, -0.15) is 5.26 Å². The van der Waals surface area contributed by atoms with Crippen LogP contribution in [0.25, 0.3) is 0 Å². The number of nitrogens with zero attached hydrogens (tertiary/aromatic N) is 1. The summed E-state index contributed by atoms with van der Waals surface area (Å²) in [5.74, 6) is -0.0889. The highest BCUT2D eigenvalue weighted by molar-refractivity contribution is 6.42. The number of rotatable bonds is 2. The molecule has 1 aliphatic carbocycles. The van der Waals surface area contributed by atoms with Crippen LogP contribution in [0.5, 0.6) is 0 Å². The minimum atomic E-state index is -0.604. The summed E-state index contributed by atoms with van der Waals surface area (Å²) in [5.41, 5.74) is 8.51. The summed E-state index contributed by atoms with van der Waals surface area (Å²) in [6.45, 7) is 0. The molecule has 28 heavy (non-hydrogen) atoms. The van der Waals surface area contributed by atoms with E-state index in [1.54, 1.807) is 18.2 Å². The van der Waals surface area contributed by atoms with Gasteiger partial charge in [-0.1, -0.05) is 59.6 Å². The summed E-state index contributed by atoms with van der Waals surface area (Å²) in [6, 6.07) is 17.0. The molecule has 2 aromatic carbocycles. The van der Waals surface area contributed by atoms with Crippen molar-refractivity contribution in [2.45, 2.75) is 24.7 Å². The maximum atomic E-state index is 13.1. The predicted octanol–water partition coefficient (Wildman–Crippen LogP) is 5.20. The van der Waals surface area contributed by atoms with Crippen LogP contribution in [0, 0.1) is 11.3 Å². The molecule has 1 aliphatic heterocycles. The summed E-state index contributed by atoms with van der Waals surface area (Å²) in [5, 5.41) is 10.4. The van der Waals surface area contributed by atoms with Gasteiger partial charge in [-0.25, -0.2) is 0 Å². The third kappa shape index (κ3) is 3.17. The normalized spacial score (nSPS) is 21.8. The molecule has 0 unspecified atom stereocenters. The van der Waals surface area contributed by atoms with Gasteiger partial charge in [0.15, 0.2) is 5.78 Å². The van der Waals surface area contributed by atoms with E-state index < -0.39 is 5.92 Å². The second-order valence-electron chi connectivity index (χ2n) is 6.87. The molecule has 0 saturated heterocycles. The van der Waals surface area contributed by atoms with Crippen molar-refractivity contribution in [1.29, 1.82) is 5.26 Å². The number of nitriles is 1. The van der Waals surface area contributed by atoms with Gasteiger partial charge in [0.25, 0.3) is 0 Å². The van der Waals surface area contributed by atoms with Gasteiger partial charge in [0.05, 0.1) is 16.0 Å². The van der Waals surface area contributed by atoms with Crippen LogP contribution in [-0.4, -0.2) is 5.78 Å². The van der Waals surface area contributed by atoms with Gasteiger partial charge in [0.2, 0.25) is 5.88 Å². The fourth-order valence-corrected chi connectivity index (χ4v) is 4.20. The van der Waals surface area contributed by atoms with E-state index in [9.17, 15) is 10.1 Å². The molecular formula is C22H16Cl2N2O2. The first-order chi connectivity index (χ1) is 13.5. The second-order valence-corrected chi connectivity index (χ2v) is 7.69. The minimum Gasteiger partial charge on any atom is -0.444 e. The number of carbonyl (C=O) groups is 1. The lowest BCUT2D eigenvalue weighted by atomic mass is 9.73. The van der Waals surface area contributed by atoms with Crippen LogP contribution in [0.4, 0.5) is 0 Å². The Hall–Kier alpha value is -2.74. The molecule has 1 heterocycles. The Bertz CT molecular complexity index is 1070. The number of ketones is 1. The van der Waals surface area contributed by atoms with Gasteiger partial charge in [0.1, 0.15) is 17.4 Å². The second kappa shape index (κ2) is 7.35. The molecule has 0 amide bonds. The number of carbonyl (C=O) groups excluding carboxylic acids is 1. The van der Waals surface area contributed by atoms with Crippen molar-refractivity contribution < 1.29 is 9.53 Å². The van der Waals surface area contributed by atoms with Crippen molar-refractivity contribution in [2.24, 2.45) is 5.73 Å². The van der Waals surface area contributed by atoms with Gasteiger partial charge in [-0.15, -0.1) is 0 Å². The fraction of sp³-hybridized carbons (Fsp3) is 0.182. The van der Waals surface area contributed by atoms with E-state index >= 15 is 0 Å². The third-order valence-electron chi connectivity index (χ3n) is 5.21. The highest BCUT2D eigenvalue weighted by Gasteiger charge is 2.40. The van der Waals surface area contributed by atoms with Crippen LogP contribution in [0.15, 0.2) is 71.3 Å². The van der Waals surface area contributed by atoms with Crippen molar-refractivity contribution in [3.8, 4) is 6.07 Å². The SMILES string of the molecule is N#CC1=C(N)OC2=C(C(=O)C[C@@H](c3ccccc3)C2)[C@@H]1c1ccc(Cl)c(Cl)c1. The highest BCUT2D eigenvalue weighted by atomic mass is 35.5. The standard InChI is InChI=1S/C22H16Cl2N2O2/c23-16-7-6-13(8-17(16)24)20-15(11-25)22(26)28-19-10-14(9-18(27)21(19)20)12-4-2-1-3-5-12/h1-8,14,20H,9-10,26H2/t14-,20-/m1/s1. The van der Waals surface area contributed by atoms with E-state index in [1.165, 1.54) is 0 Å². The Morgan fingerprint density at radius 3 is 2.46 bits per heavy atom. The fourth-order valence-electron chi connectivity index (χ4n) is 3.89. The zero-order chi connectivity index (χ0) is 19.8. The summed E-state index contributed by atoms with van der Waals surface area (Å²) >= 11 is 12.2. The highest BCUT2D eigenvalue weighted by Crippen LogP contribution is 2.47. The first-order valence-corrected chi connectivity index (χ1v) is 9.59. The van der Waals surface area contributed by atoms with Crippen molar-refractivity contribution in [1.82, 2.24) is 0 Å². The van der Waals surface area contributed by atoms with Crippen LogP contribution in [-0.2, 0) is 9.53 Å². The van der Waals surface area contributed by atoms with Crippen molar-refractivity contribution >= 4 is 29.0 Å². The van der Waals surface area contributed by atoms with E-state index in [-0.39, 0.29) is 23.2 Å². The third-order valence-corrected chi connectivity index (χ3v) is 5.95. The molecule has 0 bridgehead atoms. The van der Waals surface area contributed by atoms with Crippen LogP contribution in [0.3, 0.4) is 0 Å². The summed E-state index contributed by atoms with van der Waals surface area (Å²) in [6.07, 6.45) is 0.894.